The molecule has 2 aromatic rings. The van der Waals surface area contributed by atoms with Gasteiger partial charge in [0.15, 0.2) is 5.13 Å². The number of piperidine rings is 1. The molecule has 1 aromatic carbocycles. The van der Waals surface area contributed by atoms with Crippen molar-refractivity contribution < 1.29 is 19.1 Å². The van der Waals surface area contributed by atoms with Crippen LogP contribution in [0.25, 0.3) is 11.3 Å². The quantitative estimate of drug-likeness (QED) is 0.645. The second kappa shape index (κ2) is 10.8. The van der Waals surface area contributed by atoms with E-state index in [2.05, 4.69) is 32.7 Å². The van der Waals surface area contributed by atoms with Crippen LogP contribution < -0.4 is 15.5 Å². The number of aromatic nitrogens is 1. The molecule has 0 aliphatic carbocycles. The van der Waals surface area contributed by atoms with E-state index in [0.29, 0.717) is 11.0 Å². The van der Waals surface area contributed by atoms with Crippen molar-refractivity contribution in [3.8, 4) is 11.3 Å². The van der Waals surface area contributed by atoms with Crippen LogP contribution in [0.15, 0.2) is 29.6 Å². The normalized spacial score (nSPS) is 14.8. The lowest BCUT2D eigenvalue weighted by molar-refractivity contribution is -0.115. The second-order valence-electron chi connectivity index (χ2n) is 8.88. The van der Waals surface area contributed by atoms with Crippen LogP contribution in [0.1, 0.15) is 33.6 Å². The Labute approximate surface area is 193 Å². The number of nitrogens with zero attached hydrogens (tertiary/aromatic N) is 2. The molecule has 0 bridgehead atoms. The Morgan fingerprint density at radius 3 is 2.69 bits per heavy atom. The second-order valence-corrected chi connectivity index (χ2v) is 9.74. The highest BCUT2D eigenvalue weighted by Crippen LogP contribution is 2.30. The predicted octanol–water partition coefficient (Wildman–Crippen LogP) is 4.14. The first-order chi connectivity index (χ1) is 15.2. The van der Waals surface area contributed by atoms with Crippen molar-refractivity contribution >= 4 is 34.2 Å². The number of benzene rings is 1. The molecule has 1 saturated heterocycles. The molecule has 174 valence electrons. The van der Waals surface area contributed by atoms with Gasteiger partial charge in [-0.15, -0.1) is 11.3 Å². The zero-order chi connectivity index (χ0) is 23.1. The molecule has 1 aromatic heterocycles. The number of methoxy groups -OCH3 is 1. The molecule has 3 rings (SSSR count). The number of alkyl carbamates (subject to hydrolysis) is 1. The molecule has 1 fully saturated rings. The minimum Gasteiger partial charge on any atom is -0.444 e. The molecular formula is C23H32N4O4S. The van der Waals surface area contributed by atoms with Crippen molar-refractivity contribution in [1.29, 1.82) is 0 Å². The van der Waals surface area contributed by atoms with E-state index in [4.69, 9.17) is 9.47 Å². The topological polar surface area (TPSA) is 92.8 Å². The molecule has 0 atom stereocenters. The van der Waals surface area contributed by atoms with Gasteiger partial charge < -0.3 is 25.0 Å². The monoisotopic (exact) mass is 460 g/mol. The number of ether oxygens (including phenoxy) is 2. The number of nitrogens with one attached hydrogen (secondary N) is 2. The molecular weight excluding hydrogens is 428 g/mol. The van der Waals surface area contributed by atoms with Crippen molar-refractivity contribution in [2.45, 2.75) is 39.2 Å². The molecule has 0 unspecified atom stereocenters. The fourth-order valence-electron chi connectivity index (χ4n) is 3.55. The Morgan fingerprint density at radius 2 is 2.00 bits per heavy atom. The van der Waals surface area contributed by atoms with E-state index in [1.54, 1.807) is 27.9 Å². The molecule has 1 aliphatic heterocycles. The summed E-state index contributed by atoms with van der Waals surface area (Å²) in [6.45, 7) is 7.97. The molecule has 8 nitrogen and oxygen atoms in total. The molecule has 0 radical (unpaired) electrons. The third-order valence-electron chi connectivity index (χ3n) is 5.07. The van der Waals surface area contributed by atoms with Crippen LogP contribution in [0.5, 0.6) is 0 Å². The van der Waals surface area contributed by atoms with Gasteiger partial charge in [0.05, 0.1) is 5.69 Å². The lowest BCUT2D eigenvalue weighted by atomic mass is 9.97. The maximum atomic E-state index is 12.1. The van der Waals surface area contributed by atoms with Gasteiger partial charge in [-0.25, -0.2) is 9.78 Å². The summed E-state index contributed by atoms with van der Waals surface area (Å²) in [6.07, 6.45) is 1.63. The van der Waals surface area contributed by atoms with Crippen LogP contribution >= 0.6 is 11.3 Å². The summed E-state index contributed by atoms with van der Waals surface area (Å²) in [7, 11) is 1.76. The smallest absolute Gasteiger partial charge is 0.408 e. The highest BCUT2D eigenvalue weighted by molar-refractivity contribution is 7.14. The van der Waals surface area contributed by atoms with Gasteiger partial charge in [-0.2, -0.15) is 0 Å². The maximum absolute atomic E-state index is 12.1. The van der Waals surface area contributed by atoms with Crippen LogP contribution in [-0.4, -0.2) is 55.9 Å². The van der Waals surface area contributed by atoms with E-state index in [-0.39, 0.29) is 12.5 Å². The number of hydrogen-bond acceptors (Lipinski definition) is 7. The van der Waals surface area contributed by atoms with Gasteiger partial charge in [0.25, 0.3) is 0 Å². The summed E-state index contributed by atoms with van der Waals surface area (Å²) in [5, 5.41) is 7.57. The number of thiazole rings is 1. The first kappa shape index (κ1) is 24.0. The molecule has 0 spiro atoms. The molecule has 0 saturated carbocycles. The number of anilines is 2. The van der Waals surface area contributed by atoms with E-state index in [1.807, 2.05) is 17.5 Å². The molecule has 1 aliphatic rings. The highest BCUT2D eigenvalue weighted by Gasteiger charge is 2.20. The summed E-state index contributed by atoms with van der Waals surface area (Å²) in [6, 6.07) is 8.32. The average Bonchev–Trinajstić information content (AvgIpc) is 3.20. The van der Waals surface area contributed by atoms with E-state index in [1.165, 1.54) is 17.0 Å². The summed E-state index contributed by atoms with van der Waals surface area (Å²) in [4.78, 5) is 30.7. The lowest BCUT2D eigenvalue weighted by Gasteiger charge is -2.33. The Kier molecular flexibility index (Phi) is 8.09. The van der Waals surface area contributed by atoms with E-state index in [9.17, 15) is 9.59 Å². The number of hydrogen-bond donors (Lipinski definition) is 2. The summed E-state index contributed by atoms with van der Waals surface area (Å²) >= 11 is 1.35. The minimum atomic E-state index is -0.629. The zero-order valence-electron chi connectivity index (χ0n) is 19.1. The van der Waals surface area contributed by atoms with E-state index < -0.39 is 11.7 Å². The third kappa shape index (κ3) is 7.20. The van der Waals surface area contributed by atoms with Crippen molar-refractivity contribution in [3.05, 3.63) is 29.6 Å². The number of rotatable bonds is 7. The zero-order valence-corrected chi connectivity index (χ0v) is 20.0. The fraction of sp³-hybridized carbons (Fsp3) is 0.522. The van der Waals surface area contributed by atoms with Gasteiger partial charge in [-0.05, 0) is 51.7 Å². The SMILES string of the molecule is COCC1CCN(c2cccc(-c3csc(NC(=O)CNC(=O)OC(C)(C)C)n3)c2)CC1. The average molecular weight is 461 g/mol. The number of carbonyl (C=O) groups excluding carboxylic acids is 2. The Hall–Kier alpha value is -2.65. The van der Waals surface area contributed by atoms with Crippen molar-refractivity contribution in [1.82, 2.24) is 10.3 Å². The van der Waals surface area contributed by atoms with Gasteiger partial charge in [0.2, 0.25) is 5.91 Å². The first-order valence-electron chi connectivity index (χ1n) is 10.8. The van der Waals surface area contributed by atoms with Crippen molar-refractivity contribution in [2.75, 3.05) is 43.6 Å². The van der Waals surface area contributed by atoms with Crippen LogP contribution in [0, 0.1) is 5.92 Å². The predicted molar refractivity (Wildman–Crippen MR) is 127 cm³/mol. The van der Waals surface area contributed by atoms with Gasteiger partial charge in [0, 0.05) is 43.4 Å². The summed E-state index contributed by atoms with van der Waals surface area (Å²) in [5.41, 5.74) is 2.38. The number of amides is 2. The van der Waals surface area contributed by atoms with Gasteiger partial charge in [0.1, 0.15) is 12.1 Å². The first-order valence-corrected chi connectivity index (χ1v) is 11.7. The Morgan fingerprint density at radius 1 is 1.25 bits per heavy atom. The van der Waals surface area contributed by atoms with Gasteiger partial charge in [-0.1, -0.05) is 12.1 Å². The van der Waals surface area contributed by atoms with Crippen LogP contribution in [0.2, 0.25) is 0 Å². The molecule has 2 amide bonds. The molecule has 2 N–H and O–H groups in total. The van der Waals surface area contributed by atoms with Gasteiger partial charge in [-0.3, -0.25) is 4.79 Å². The van der Waals surface area contributed by atoms with Gasteiger partial charge >= 0.3 is 6.09 Å². The number of carbonyl (C=O) groups is 2. The lowest BCUT2D eigenvalue weighted by Crippen LogP contribution is -2.37. The van der Waals surface area contributed by atoms with Crippen LogP contribution in [0.4, 0.5) is 15.6 Å². The minimum absolute atomic E-state index is 0.182. The standard InChI is InChI=1S/C23H32N4O4S/c1-23(2,3)31-22(29)24-13-20(28)26-21-25-19(15-32-21)17-6-5-7-18(12-17)27-10-8-16(9-11-27)14-30-4/h5-7,12,15-16H,8-11,13-14H2,1-4H3,(H,24,29)(H,25,26,28). The Bertz CT molecular complexity index is 917. The summed E-state index contributed by atoms with van der Waals surface area (Å²) in [5.74, 6) is 0.276. The van der Waals surface area contributed by atoms with E-state index in [0.717, 1.165) is 43.8 Å². The van der Waals surface area contributed by atoms with Crippen LogP contribution in [0.3, 0.4) is 0 Å². The fourth-order valence-corrected chi connectivity index (χ4v) is 4.29. The molecule has 32 heavy (non-hydrogen) atoms. The van der Waals surface area contributed by atoms with Crippen molar-refractivity contribution in [3.63, 3.8) is 0 Å². The van der Waals surface area contributed by atoms with Crippen molar-refractivity contribution in [2.24, 2.45) is 5.92 Å². The highest BCUT2D eigenvalue weighted by atomic mass is 32.1. The van der Waals surface area contributed by atoms with Crippen LogP contribution in [-0.2, 0) is 14.3 Å². The largest absolute Gasteiger partial charge is 0.444 e. The third-order valence-corrected chi connectivity index (χ3v) is 5.82. The maximum Gasteiger partial charge on any atom is 0.408 e. The molecule has 9 heteroatoms. The summed E-state index contributed by atoms with van der Waals surface area (Å²) < 4.78 is 10.4. The molecule has 2 heterocycles. The Balaban J connectivity index is 1.55. The van der Waals surface area contributed by atoms with E-state index >= 15 is 0 Å².